The van der Waals surface area contributed by atoms with Crippen LogP contribution in [0.3, 0.4) is 0 Å². The van der Waals surface area contributed by atoms with Crippen LogP contribution >= 0.6 is 27.5 Å². The van der Waals surface area contributed by atoms with Crippen LogP contribution in [0.4, 0.5) is 0 Å². The van der Waals surface area contributed by atoms with Gasteiger partial charge in [-0.05, 0) is 24.6 Å². The fraction of sp³-hybridized carbons (Fsp3) is 0.231. The highest BCUT2D eigenvalue weighted by molar-refractivity contribution is 9.10. The Morgan fingerprint density at radius 2 is 2.21 bits per heavy atom. The van der Waals surface area contributed by atoms with Crippen molar-refractivity contribution < 1.29 is 5.11 Å². The van der Waals surface area contributed by atoms with Gasteiger partial charge in [0.05, 0.1) is 10.6 Å². The number of hydrogen-bond acceptors (Lipinski definition) is 3. The quantitative estimate of drug-likeness (QED) is 0.896. The second kappa shape index (κ2) is 5.75. The van der Waals surface area contributed by atoms with E-state index in [1.54, 1.807) is 18.2 Å². The summed E-state index contributed by atoms with van der Waals surface area (Å²) in [5.74, 6) is 0.0188. The summed E-state index contributed by atoms with van der Waals surface area (Å²) in [6, 6.07) is 5.22. The van der Waals surface area contributed by atoms with Crippen molar-refractivity contribution in [2.45, 2.75) is 19.8 Å². The molecule has 1 aromatic carbocycles. The van der Waals surface area contributed by atoms with E-state index in [1.807, 2.05) is 6.92 Å². The molecule has 4 nitrogen and oxygen atoms in total. The summed E-state index contributed by atoms with van der Waals surface area (Å²) < 4.78 is 0.812. The lowest BCUT2D eigenvalue weighted by atomic mass is 10.1. The lowest BCUT2D eigenvalue weighted by Gasteiger charge is -2.07. The minimum atomic E-state index is -0.333. The van der Waals surface area contributed by atoms with E-state index in [9.17, 15) is 9.90 Å². The van der Waals surface area contributed by atoms with Crippen molar-refractivity contribution >= 4 is 27.5 Å². The van der Waals surface area contributed by atoms with Crippen LogP contribution in [0.1, 0.15) is 18.9 Å². The zero-order valence-electron chi connectivity index (χ0n) is 10.2. The molecule has 0 fully saturated rings. The van der Waals surface area contributed by atoms with Gasteiger partial charge in [-0.1, -0.05) is 40.9 Å². The molecule has 0 amide bonds. The van der Waals surface area contributed by atoms with Gasteiger partial charge in [0.1, 0.15) is 5.82 Å². The first-order valence-corrected chi connectivity index (χ1v) is 6.97. The number of aromatic nitrogens is 2. The van der Waals surface area contributed by atoms with E-state index in [-0.39, 0.29) is 17.3 Å². The van der Waals surface area contributed by atoms with Crippen molar-refractivity contribution in [1.29, 1.82) is 0 Å². The van der Waals surface area contributed by atoms with E-state index in [0.717, 1.165) is 10.9 Å². The molecule has 0 aliphatic rings. The molecule has 0 aliphatic heterocycles. The minimum Gasteiger partial charge on any atom is -0.493 e. The van der Waals surface area contributed by atoms with Gasteiger partial charge in [-0.15, -0.1) is 0 Å². The summed E-state index contributed by atoms with van der Waals surface area (Å²) in [5, 5.41) is 10.3. The zero-order chi connectivity index (χ0) is 14.0. The van der Waals surface area contributed by atoms with Crippen molar-refractivity contribution in [3.63, 3.8) is 0 Å². The van der Waals surface area contributed by atoms with Crippen molar-refractivity contribution in [3.05, 3.63) is 43.6 Å². The number of nitrogens with one attached hydrogen (secondary N) is 1. The van der Waals surface area contributed by atoms with Crippen LogP contribution in [-0.4, -0.2) is 15.1 Å². The maximum absolute atomic E-state index is 11.9. The van der Waals surface area contributed by atoms with E-state index >= 15 is 0 Å². The molecular formula is C13H12BrClN2O2. The van der Waals surface area contributed by atoms with Crippen LogP contribution < -0.4 is 5.56 Å². The highest BCUT2D eigenvalue weighted by atomic mass is 79.9. The highest BCUT2D eigenvalue weighted by Crippen LogP contribution is 2.29. The Hall–Kier alpha value is -1.33. The molecule has 2 N–H and O–H groups in total. The second-order valence-corrected chi connectivity index (χ2v) is 5.41. The number of nitrogens with zero attached hydrogens (tertiary/aromatic N) is 1. The lowest BCUT2D eigenvalue weighted by Crippen LogP contribution is -2.15. The Morgan fingerprint density at radius 3 is 2.84 bits per heavy atom. The van der Waals surface area contributed by atoms with Gasteiger partial charge < -0.3 is 10.1 Å². The number of aromatic amines is 1. The first-order valence-electron chi connectivity index (χ1n) is 5.80. The van der Waals surface area contributed by atoms with E-state index in [0.29, 0.717) is 22.6 Å². The first kappa shape index (κ1) is 14.1. The number of H-pyrrole nitrogens is 1. The normalized spacial score (nSPS) is 10.7. The van der Waals surface area contributed by atoms with E-state index in [2.05, 4.69) is 25.9 Å². The molecule has 0 aliphatic carbocycles. The number of hydrogen-bond donors (Lipinski definition) is 2. The van der Waals surface area contributed by atoms with Gasteiger partial charge in [-0.25, -0.2) is 0 Å². The number of rotatable bonds is 3. The van der Waals surface area contributed by atoms with E-state index < -0.39 is 0 Å². The molecule has 0 saturated heterocycles. The van der Waals surface area contributed by atoms with Gasteiger partial charge in [0.15, 0.2) is 0 Å². The van der Waals surface area contributed by atoms with Crippen LogP contribution in [-0.2, 0) is 6.42 Å². The summed E-state index contributed by atoms with van der Waals surface area (Å²) in [4.78, 5) is 18.6. The summed E-state index contributed by atoms with van der Waals surface area (Å²) in [7, 11) is 0. The standard InChI is InChI=1S/C13H12BrClN2O2/c1-2-3-8-12(18)16-11(17-13(8)19)9-6-7(14)4-5-10(9)15/h4-6H,2-3H2,1H3,(H2,16,17,18,19). The summed E-state index contributed by atoms with van der Waals surface area (Å²) in [6.07, 6.45) is 1.25. The number of benzene rings is 1. The third kappa shape index (κ3) is 2.98. The SMILES string of the molecule is CCCc1c(O)nc(-c2cc(Br)ccc2Cl)[nH]c1=O. The molecule has 100 valence electrons. The lowest BCUT2D eigenvalue weighted by molar-refractivity contribution is 0.443. The molecule has 6 heteroatoms. The zero-order valence-corrected chi connectivity index (χ0v) is 12.5. The molecule has 2 aromatic rings. The topological polar surface area (TPSA) is 66.0 Å². The third-order valence-electron chi connectivity index (χ3n) is 2.68. The van der Waals surface area contributed by atoms with Crippen molar-refractivity contribution in [2.24, 2.45) is 0 Å². The summed E-state index contributed by atoms with van der Waals surface area (Å²) in [6.45, 7) is 1.93. The van der Waals surface area contributed by atoms with Gasteiger partial charge in [0, 0.05) is 10.0 Å². The maximum atomic E-state index is 11.9. The molecule has 0 radical (unpaired) electrons. The highest BCUT2D eigenvalue weighted by Gasteiger charge is 2.13. The molecule has 19 heavy (non-hydrogen) atoms. The van der Waals surface area contributed by atoms with E-state index in [1.165, 1.54) is 0 Å². The third-order valence-corrected chi connectivity index (χ3v) is 3.50. The molecule has 1 heterocycles. The second-order valence-electron chi connectivity index (χ2n) is 4.09. The molecule has 0 bridgehead atoms. The van der Waals surface area contributed by atoms with Gasteiger partial charge in [0.2, 0.25) is 5.88 Å². The average molecular weight is 344 g/mol. The van der Waals surface area contributed by atoms with Gasteiger partial charge in [0.25, 0.3) is 5.56 Å². The molecule has 0 saturated carbocycles. The molecule has 0 spiro atoms. The van der Waals surface area contributed by atoms with Crippen LogP contribution in [0.15, 0.2) is 27.5 Å². The van der Waals surface area contributed by atoms with Crippen LogP contribution in [0.25, 0.3) is 11.4 Å². The molecule has 0 unspecified atom stereocenters. The van der Waals surface area contributed by atoms with Crippen molar-refractivity contribution in [2.75, 3.05) is 0 Å². The smallest absolute Gasteiger partial charge is 0.258 e. The predicted molar refractivity (Wildman–Crippen MR) is 78.7 cm³/mol. The minimum absolute atomic E-state index is 0.239. The fourth-order valence-corrected chi connectivity index (χ4v) is 2.34. The van der Waals surface area contributed by atoms with Crippen LogP contribution in [0.5, 0.6) is 5.88 Å². The van der Waals surface area contributed by atoms with Crippen LogP contribution in [0, 0.1) is 0 Å². The van der Waals surface area contributed by atoms with E-state index in [4.69, 9.17) is 11.6 Å². The van der Waals surface area contributed by atoms with Gasteiger partial charge >= 0.3 is 0 Å². The Kier molecular flexibility index (Phi) is 4.27. The Morgan fingerprint density at radius 1 is 1.47 bits per heavy atom. The first-order chi connectivity index (χ1) is 9.02. The molecular weight excluding hydrogens is 332 g/mol. The number of aromatic hydroxyl groups is 1. The Balaban J connectivity index is 2.58. The van der Waals surface area contributed by atoms with Crippen LogP contribution in [0.2, 0.25) is 5.02 Å². The average Bonchev–Trinajstić information content (AvgIpc) is 2.36. The molecule has 2 rings (SSSR count). The molecule has 0 atom stereocenters. The number of halogens is 2. The van der Waals surface area contributed by atoms with Crippen molar-refractivity contribution in [1.82, 2.24) is 9.97 Å². The largest absolute Gasteiger partial charge is 0.493 e. The monoisotopic (exact) mass is 342 g/mol. The summed E-state index contributed by atoms with van der Waals surface area (Å²) in [5.41, 5.74) is 0.532. The van der Waals surface area contributed by atoms with Crippen molar-refractivity contribution in [3.8, 4) is 17.3 Å². The Bertz CT molecular complexity index is 670. The maximum Gasteiger partial charge on any atom is 0.258 e. The van der Waals surface area contributed by atoms with Gasteiger partial charge in [-0.3, -0.25) is 4.79 Å². The summed E-state index contributed by atoms with van der Waals surface area (Å²) >= 11 is 9.40. The fourth-order valence-electron chi connectivity index (χ4n) is 1.77. The molecule has 1 aromatic heterocycles. The van der Waals surface area contributed by atoms with Gasteiger partial charge in [-0.2, -0.15) is 4.98 Å². The predicted octanol–water partition coefficient (Wildman–Crippen LogP) is 3.51. The Labute approximate surface area is 123 Å².